The summed E-state index contributed by atoms with van der Waals surface area (Å²) in [6.07, 6.45) is 11.0. The molecule has 0 unspecified atom stereocenters. The topological polar surface area (TPSA) is 0 Å². The van der Waals surface area contributed by atoms with Gasteiger partial charge in [0.05, 0.1) is 0 Å². The predicted molar refractivity (Wildman–Crippen MR) is 31.5 cm³/mol. The van der Waals surface area contributed by atoms with Gasteiger partial charge in [-0.15, -0.1) is 12.3 Å². The Kier molecular flexibility index (Phi) is 12.0. The van der Waals surface area contributed by atoms with Crippen LogP contribution in [0.3, 0.4) is 0 Å². The molecule has 0 heterocycles. The molecule has 1 heteroatoms. The maximum atomic E-state index is 6.30. The molecular formula is C8HIr-. The van der Waals surface area contributed by atoms with Crippen molar-refractivity contribution in [2.75, 3.05) is 0 Å². The second-order valence-corrected chi connectivity index (χ2v) is 0.769. The van der Waals surface area contributed by atoms with E-state index in [0.29, 0.717) is 0 Å². The van der Waals surface area contributed by atoms with Crippen molar-refractivity contribution in [2.45, 2.75) is 0 Å². The molecule has 9 heavy (non-hydrogen) atoms. The molecular weight excluding hydrogens is 288 g/mol. The van der Waals surface area contributed by atoms with Crippen LogP contribution < -0.4 is 0 Å². The van der Waals surface area contributed by atoms with Gasteiger partial charge in [-0.05, 0) is 17.8 Å². The Morgan fingerprint density at radius 2 is 1.56 bits per heavy atom. The van der Waals surface area contributed by atoms with E-state index >= 15 is 0 Å². The van der Waals surface area contributed by atoms with Gasteiger partial charge in [-0.25, -0.2) is 5.92 Å². The van der Waals surface area contributed by atoms with E-state index in [-0.39, 0.29) is 20.1 Å². The van der Waals surface area contributed by atoms with Gasteiger partial charge < -0.3 is 6.42 Å². The summed E-state index contributed by atoms with van der Waals surface area (Å²) in [6, 6.07) is 0. The molecule has 0 aliphatic carbocycles. The largest absolute Gasteiger partial charge is 0.358 e. The molecule has 0 fully saturated rings. The fraction of sp³-hybridized carbons (Fsp3) is 0. The zero-order chi connectivity index (χ0) is 6.24. The average Bonchev–Trinajstić information content (AvgIpc) is 1.81. The van der Waals surface area contributed by atoms with Crippen LogP contribution in [0.25, 0.3) is 0 Å². The van der Waals surface area contributed by atoms with Crippen LogP contribution in [0.15, 0.2) is 0 Å². The summed E-state index contributed by atoms with van der Waals surface area (Å²) >= 11 is 0. The first-order valence-electron chi connectivity index (χ1n) is 1.79. The maximum Gasteiger partial charge on any atom is 0 e. The van der Waals surface area contributed by atoms with Crippen LogP contribution in [0.5, 0.6) is 0 Å². The summed E-state index contributed by atoms with van der Waals surface area (Å²) in [6.45, 7) is 0. The standard InChI is InChI=1S/C8H.Ir/c1-3-5-7-8-6-4-2;/h1H;/q-1;. The summed E-state index contributed by atoms with van der Waals surface area (Å²) < 4.78 is 0. The van der Waals surface area contributed by atoms with Crippen molar-refractivity contribution >= 4 is 0 Å². The van der Waals surface area contributed by atoms with Crippen LogP contribution in [0.1, 0.15) is 0 Å². The van der Waals surface area contributed by atoms with Crippen molar-refractivity contribution in [1.82, 2.24) is 0 Å². The van der Waals surface area contributed by atoms with E-state index in [9.17, 15) is 0 Å². The normalized spacial score (nSPS) is 2.89. The zero-order valence-corrected chi connectivity index (χ0v) is 6.81. The third-order valence-electron chi connectivity index (χ3n) is 0.322. The fourth-order valence-corrected chi connectivity index (χ4v) is 0.130. The van der Waals surface area contributed by atoms with Crippen molar-refractivity contribution in [3.8, 4) is 41.9 Å². The van der Waals surface area contributed by atoms with Gasteiger partial charge in [0.2, 0.25) is 0 Å². The van der Waals surface area contributed by atoms with Crippen molar-refractivity contribution in [3.05, 3.63) is 6.42 Å². The van der Waals surface area contributed by atoms with Gasteiger partial charge in [0.15, 0.2) is 0 Å². The summed E-state index contributed by atoms with van der Waals surface area (Å²) in [5.41, 5.74) is 0. The van der Waals surface area contributed by atoms with Crippen molar-refractivity contribution < 1.29 is 20.1 Å². The third kappa shape index (κ3) is 10.9. The van der Waals surface area contributed by atoms with Gasteiger partial charge >= 0.3 is 0 Å². The molecule has 0 spiro atoms. The Bertz CT molecular complexity index is 221. The molecule has 0 nitrogen and oxygen atoms in total. The van der Waals surface area contributed by atoms with Crippen LogP contribution in [0.2, 0.25) is 0 Å². The SMILES string of the molecule is [C-]#CC#CC#CC#C.[Ir]. The van der Waals surface area contributed by atoms with Gasteiger partial charge in [-0.3, -0.25) is 5.92 Å². The number of rotatable bonds is 0. The Labute approximate surface area is 68.8 Å². The minimum atomic E-state index is 0. The molecule has 0 atom stereocenters. The van der Waals surface area contributed by atoms with Gasteiger partial charge in [0.25, 0.3) is 0 Å². The van der Waals surface area contributed by atoms with E-state index in [0.717, 1.165) is 0 Å². The van der Waals surface area contributed by atoms with E-state index in [1.165, 1.54) is 0 Å². The molecule has 0 amide bonds. The first kappa shape index (κ1) is 10.8. The van der Waals surface area contributed by atoms with E-state index in [2.05, 4.69) is 29.6 Å². The third-order valence-corrected chi connectivity index (χ3v) is 0.322. The Balaban J connectivity index is 0. The zero-order valence-electron chi connectivity index (χ0n) is 4.41. The van der Waals surface area contributed by atoms with Crippen LogP contribution >= 0.6 is 0 Å². The fourth-order valence-electron chi connectivity index (χ4n) is 0.130. The number of hydrogen-bond acceptors (Lipinski definition) is 0. The molecule has 0 aromatic carbocycles. The van der Waals surface area contributed by atoms with E-state index < -0.39 is 0 Å². The van der Waals surface area contributed by atoms with Crippen LogP contribution in [0, 0.1) is 48.4 Å². The van der Waals surface area contributed by atoms with Crippen LogP contribution in [-0.4, -0.2) is 0 Å². The second-order valence-electron chi connectivity index (χ2n) is 0.769. The molecule has 0 aromatic rings. The monoisotopic (exact) mass is 290 g/mol. The van der Waals surface area contributed by atoms with E-state index in [4.69, 9.17) is 12.8 Å². The van der Waals surface area contributed by atoms with Crippen molar-refractivity contribution in [2.24, 2.45) is 0 Å². The average molecular weight is 289 g/mol. The first-order valence-corrected chi connectivity index (χ1v) is 1.79. The molecule has 0 bridgehead atoms. The molecule has 43 valence electrons. The predicted octanol–water partition coefficient (Wildman–Crippen LogP) is 0.214. The molecule has 0 saturated carbocycles. The van der Waals surface area contributed by atoms with Gasteiger partial charge in [-0.1, -0.05) is 0 Å². The van der Waals surface area contributed by atoms with Crippen molar-refractivity contribution in [1.29, 1.82) is 0 Å². The molecule has 0 aromatic heterocycles. The summed E-state index contributed by atoms with van der Waals surface area (Å²) in [4.78, 5) is 0. The number of terminal acetylenes is 1. The quantitative estimate of drug-likeness (QED) is 0.442. The molecule has 1 radical (unpaired) electrons. The minimum absolute atomic E-state index is 0. The van der Waals surface area contributed by atoms with E-state index in [1.807, 2.05) is 5.92 Å². The molecule has 0 saturated heterocycles. The van der Waals surface area contributed by atoms with Crippen molar-refractivity contribution in [3.63, 3.8) is 0 Å². The van der Waals surface area contributed by atoms with Gasteiger partial charge in [0.1, 0.15) is 0 Å². The minimum Gasteiger partial charge on any atom is -0.358 e. The van der Waals surface area contributed by atoms with Gasteiger partial charge in [0, 0.05) is 20.1 Å². The molecule has 0 aliphatic heterocycles. The Morgan fingerprint density at radius 3 is 2.00 bits per heavy atom. The summed E-state index contributed by atoms with van der Waals surface area (Å²) in [5, 5.41) is 0. The number of hydrogen-bond donors (Lipinski definition) is 0. The molecule has 0 N–H and O–H groups in total. The second kappa shape index (κ2) is 10.00. The maximum absolute atomic E-state index is 6.30. The van der Waals surface area contributed by atoms with Gasteiger partial charge in [-0.2, -0.15) is 0 Å². The van der Waals surface area contributed by atoms with Crippen LogP contribution in [-0.2, 0) is 20.1 Å². The van der Waals surface area contributed by atoms with Crippen LogP contribution in [0.4, 0.5) is 0 Å². The Hall–Kier alpha value is -1.11. The summed E-state index contributed by atoms with van der Waals surface area (Å²) in [5.74, 6) is 13.0. The van der Waals surface area contributed by atoms with E-state index in [1.54, 1.807) is 0 Å². The molecule has 0 rings (SSSR count). The first-order chi connectivity index (χ1) is 3.91. The summed E-state index contributed by atoms with van der Waals surface area (Å²) in [7, 11) is 0. The molecule has 0 aliphatic rings. The smallest absolute Gasteiger partial charge is 0 e. The Morgan fingerprint density at radius 1 is 1.00 bits per heavy atom.